The lowest BCUT2D eigenvalue weighted by Crippen LogP contribution is -2.25. The van der Waals surface area contributed by atoms with E-state index in [0.717, 1.165) is 24.2 Å². The third-order valence-corrected chi connectivity index (χ3v) is 5.17. The van der Waals surface area contributed by atoms with Gasteiger partial charge in [0, 0.05) is 30.5 Å². The summed E-state index contributed by atoms with van der Waals surface area (Å²) in [6.45, 7) is 1.64. The number of thiazole rings is 1. The highest BCUT2D eigenvalue weighted by atomic mass is 32.1. The zero-order valence-electron chi connectivity index (χ0n) is 11.1. The van der Waals surface area contributed by atoms with Crippen molar-refractivity contribution in [3.63, 3.8) is 0 Å². The number of hydrogen-bond donors (Lipinski definition) is 1. The lowest BCUT2D eigenvalue weighted by Gasteiger charge is -2.11. The van der Waals surface area contributed by atoms with Crippen LogP contribution >= 0.6 is 11.3 Å². The second kappa shape index (κ2) is 5.68. The smallest absolute Gasteiger partial charge is 0.0963 e. The van der Waals surface area contributed by atoms with Crippen molar-refractivity contribution in [2.75, 3.05) is 7.11 Å². The molecule has 4 heteroatoms. The van der Waals surface area contributed by atoms with E-state index in [1.54, 1.807) is 7.11 Å². The number of nitrogens with zero attached hydrogens (tertiary/aromatic N) is 1. The molecule has 2 aliphatic carbocycles. The topological polar surface area (TPSA) is 34.1 Å². The molecule has 2 aliphatic rings. The van der Waals surface area contributed by atoms with Crippen molar-refractivity contribution < 1.29 is 4.74 Å². The zero-order valence-corrected chi connectivity index (χ0v) is 11.9. The van der Waals surface area contributed by atoms with Crippen molar-refractivity contribution in [1.82, 2.24) is 10.3 Å². The molecule has 1 aromatic rings. The maximum atomic E-state index is 5.27. The van der Waals surface area contributed by atoms with Gasteiger partial charge in [0.2, 0.25) is 0 Å². The minimum Gasteiger partial charge on any atom is -0.378 e. The fourth-order valence-corrected chi connectivity index (χ4v) is 3.85. The molecule has 2 fully saturated rings. The summed E-state index contributed by atoms with van der Waals surface area (Å²) in [5.74, 6) is 0.755. The standard InChI is InChI=1S/C14H22N2OS/c1-17-9-12-13(8-15-11-4-2-3-5-11)18-14(16-12)10-6-7-10/h10-11,15H,2-9H2,1H3. The van der Waals surface area contributed by atoms with E-state index in [4.69, 9.17) is 9.72 Å². The Kier molecular flexibility index (Phi) is 3.97. The van der Waals surface area contributed by atoms with Crippen molar-refractivity contribution in [1.29, 1.82) is 0 Å². The van der Waals surface area contributed by atoms with Crippen LogP contribution in [0.3, 0.4) is 0 Å². The predicted molar refractivity (Wildman–Crippen MR) is 73.9 cm³/mol. The van der Waals surface area contributed by atoms with Crippen molar-refractivity contribution in [3.8, 4) is 0 Å². The first-order chi connectivity index (χ1) is 8.86. The van der Waals surface area contributed by atoms with Crippen LogP contribution in [0.2, 0.25) is 0 Å². The van der Waals surface area contributed by atoms with Gasteiger partial charge in [0.1, 0.15) is 0 Å². The Labute approximate surface area is 113 Å². The first-order valence-electron chi connectivity index (χ1n) is 7.07. The van der Waals surface area contributed by atoms with Gasteiger partial charge in [-0.05, 0) is 25.7 Å². The maximum absolute atomic E-state index is 5.27. The summed E-state index contributed by atoms with van der Waals surface area (Å²) in [6.07, 6.45) is 8.11. The van der Waals surface area contributed by atoms with Crippen LogP contribution < -0.4 is 5.32 Å². The van der Waals surface area contributed by atoms with E-state index >= 15 is 0 Å². The van der Waals surface area contributed by atoms with E-state index in [9.17, 15) is 0 Å². The van der Waals surface area contributed by atoms with Gasteiger partial charge in [-0.2, -0.15) is 0 Å². The molecule has 0 amide bonds. The van der Waals surface area contributed by atoms with E-state index in [0.29, 0.717) is 6.61 Å². The van der Waals surface area contributed by atoms with Gasteiger partial charge in [-0.15, -0.1) is 11.3 Å². The van der Waals surface area contributed by atoms with Crippen LogP contribution in [0.1, 0.15) is 60.0 Å². The largest absolute Gasteiger partial charge is 0.378 e. The average molecular weight is 266 g/mol. The van der Waals surface area contributed by atoms with Gasteiger partial charge in [0.15, 0.2) is 0 Å². The van der Waals surface area contributed by atoms with Gasteiger partial charge in [0.05, 0.1) is 17.3 Å². The summed E-state index contributed by atoms with van der Waals surface area (Å²) in [4.78, 5) is 6.15. The van der Waals surface area contributed by atoms with E-state index in [-0.39, 0.29) is 0 Å². The second-order valence-corrected chi connectivity index (χ2v) is 6.61. The first-order valence-corrected chi connectivity index (χ1v) is 7.89. The zero-order chi connectivity index (χ0) is 12.4. The van der Waals surface area contributed by atoms with Gasteiger partial charge in [0.25, 0.3) is 0 Å². The van der Waals surface area contributed by atoms with Gasteiger partial charge in [-0.3, -0.25) is 0 Å². The Morgan fingerprint density at radius 3 is 2.72 bits per heavy atom. The summed E-state index contributed by atoms with van der Waals surface area (Å²) in [5.41, 5.74) is 1.16. The Balaban J connectivity index is 1.64. The predicted octanol–water partition coefficient (Wildman–Crippen LogP) is 3.20. The van der Waals surface area contributed by atoms with Gasteiger partial charge in [-0.25, -0.2) is 4.98 Å². The summed E-state index contributed by atoms with van der Waals surface area (Å²) in [6, 6.07) is 0.729. The summed E-state index contributed by atoms with van der Waals surface area (Å²) in [7, 11) is 1.75. The molecule has 18 heavy (non-hydrogen) atoms. The second-order valence-electron chi connectivity index (χ2n) is 5.49. The molecule has 0 unspecified atom stereocenters. The Morgan fingerprint density at radius 2 is 2.06 bits per heavy atom. The number of aromatic nitrogens is 1. The van der Waals surface area contributed by atoms with E-state index < -0.39 is 0 Å². The average Bonchev–Trinajstić information content (AvgIpc) is 2.95. The van der Waals surface area contributed by atoms with Crippen LogP contribution in [0, 0.1) is 0 Å². The van der Waals surface area contributed by atoms with Gasteiger partial charge < -0.3 is 10.1 Å². The molecule has 3 nitrogen and oxygen atoms in total. The van der Waals surface area contributed by atoms with Crippen molar-refractivity contribution in [3.05, 3.63) is 15.6 Å². The third-order valence-electron chi connectivity index (χ3n) is 3.91. The molecule has 0 atom stereocenters. The van der Waals surface area contributed by atoms with Crippen LogP contribution in [0.4, 0.5) is 0 Å². The van der Waals surface area contributed by atoms with Gasteiger partial charge >= 0.3 is 0 Å². The van der Waals surface area contributed by atoms with Crippen LogP contribution in [0.15, 0.2) is 0 Å². The number of nitrogens with one attached hydrogen (secondary N) is 1. The Hall–Kier alpha value is -0.450. The Bertz CT molecular complexity index is 394. The molecular formula is C14H22N2OS. The highest BCUT2D eigenvalue weighted by Crippen LogP contribution is 2.42. The number of ether oxygens (including phenoxy) is 1. The maximum Gasteiger partial charge on any atom is 0.0963 e. The Morgan fingerprint density at radius 1 is 1.28 bits per heavy atom. The van der Waals surface area contributed by atoms with Crippen LogP contribution in [0.5, 0.6) is 0 Å². The lowest BCUT2D eigenvalue weighted by atomic mass is 10.2. The SMILES string of the molecule is COCc1nc(C2CC2)sc1CNC1CCCC1. The molecule has 100 valence electrons. The molecule has 0 aliphatic heterocycles. The molecular weight excluding hydrogens is 244 g/mol. The molecule has 3 rings (SSSR count). The van der Waals surface area contributed by atoms with E-state index in [1.165, 1.54) is 48.4 Å². The molecule has 1 heterocycles. The van der Waals surface area contributed by atoms with E-state index in [2.05, 4.69) is 5.32 Å². The van der Waals surface area contributed by atoms with Crippen LogP contribution in [-0.2, 0) is 17.9 Å². The minimum atomic E-state index is 0.658. The summed E-state index contributed by atoms with van der Waals surface area (Å²) >= 11 is 1.90. The lowest BCUT2D eigenvalue weighted by molar-refractivity contribution is 0.181. The number of hydrogen-bond acceptors (Lipinski definition) is 4. The molecule has 0 spiro atoms. The molecule has 0 bridgehead atoms. The molecule has 1 aromatic heterocycles. The third kappa shape index (κ3) is 2.92. The fourth-order valence-electron chi connectivity index (χ4n) is 2.66. The minimum absolute atomic E-state index is 0.658. The van der Waals surface area contributed by atoms with Crippen molar-refractivity contribution in [2.24, 2.45) is 0 Å². The van der Waals surface area contributed by atoms with Gasteiger partial charge in [-0.1, -0.05) is 12.8 Å². The van der Waals surface area contributed by atoms with Crippen LogP contribution in [0.25, 0.3) is 0 Å². The monoisotopic (exact) mass is 266 g/mol. The highest BCUT2D eigenvalue weighted by molar-refractivity contribution is 7.11. The first kappa shape index (κ1) is 12.6. The van der Waals surface area contributed by atoms with E-state index in [1.807, 2.05) is 11.3 Å². The normalized spacial score (nSPS) is 20.7. The molecule has 0 saturated heterocycles. The quantitative estimate of drug-likeness (QED) is 0.858. The molecule has 0 radical (unpaired) electrons. The van der Waals surface area contributed by atoms with Crippen LogP contribution in [-0.4, -0.2) is 18.1 Å². The number of rotatable bonds is 6. The van der Waals surface area contributed by atoms with Crippen molar-refractivity contribution in [2.45, 2.75) is 63.6 Å². The van der Waals surface area contributed by atoms with Crippen molar-refractivity contribution >= 4 is 11.3 Å². The number of methoxy groups -OCH3 is 1. The molecule has 2 saturated carbocycles. The highest BCUT2D eigenvalue weighted by Gasteiger charge is 2.28. The molecule has 0 aromatic carbocycles. The summed E-state index contributed by atoms with van der Waals surface area (Å²) < 4.78 is 5.27. The molecule has 1 N–H and O–H groups in total. The fraction of sp³-hybridized carbons (Fsp3) is 0.786. The summed E-state index contributed by atoms with van der Waals surface area (Å²) in [5, 5.41) is 5.02.